The van der Waals surface area contributed by atoms with Gasteiger partial charge in [-0.05, 0) is 19.8 Å². The zero-order chi connectivity index (χ0) is 15.8. The predicted octanol–water partition coefficient (Wildman–Crippen LogP) is 0.810. The van der Waals surface area contributed by atoms with Gasteiger partial charge >= 0.3 is 11.9 Å². The van der Waals surface area contributed by atoms with E-state index in [2.05, 4.69) is 11.9 Å². The van der Waals surface area contributed by atoms with Crippen LogP contribution in [0, 0.1) is 17.8 Å². The second kappa shape index (κ2) is 5.50. The molecule has 0 aromatic heterocycles. The molecule has 6 heteroatoms. The highest BCUT2D eigenvalue weighted by molar-refractivity contribution is 5.92. The van der Waals surface area contributed by atoms with E-state index < -0.39 is 17.4 Å². The number of nitrogens with one attached hydrogen (secondary N) is 1. The first-order valence-corrected chi connectivity index (χ1v) is 7.19. The quantitative estimate of drug-likeness (QED) is 0.599. The molecule has 2 rings (SSSR count). The molecule has 0 aromatic carbocycles. The van der Waals surface area contributed by atoms with Crippen molar-refractivity contribution < 1.29 is 23.9 Å². The number of amides is 1. The molecule has 2 fully saturated rings. The molecule has 4 atom stereocenters. The monoisotopic (exact) mass is 295 g/mol. The summed E-state index contributed by atoms with van der Waals surface area (Å²) in [7, 11) is 0. The van der Waals surface area contributed by atoms with Crippen molar-refractivity contribution in [3.63, 3.8) is 0 Å². The number of hydrogen-bond acceptors (Lipinski definition) is 5. The lowest BCUT2D eigenvalue weighted by molar-refractivity contribution is -0.155. The molecule has 4 unspecified atom stereocenters. The summed E-state index contributed by atoms with van der Waals surface area (Å²) in [6.45, 7) is 9.23. The molecule has 1 N–H and O–H groups in total. The van der Waals surface area contributed by atoms with E-state index in [4.69, 9.17) is 9.47 Å². The minimum atomic E-state index is -1.18. The van der Waals surface area contributed by atoms with Gasteiger partial charge in [-0.2, -0.15) is 0 Å². The molecule has 116 valence electrons. The second-order valence-corrected chi connectivity index (χ2v) is 5.54. The van der Waals surface area contributed by atoms with Gasteiger partial charge in [-0.25, -0.2) is 4.79 Å². The molecule has 0 saturated heterocycles. The summed E-state index contributed by atoms with van der Waals surface area (Å²) in [5.74, 6) is -2.01. The predicted molar refractivity (Wildman–Crippen MR) is 74.0 cm³/mol. The van der Waals surface area contributed by atoms with Gasteiger partial charge in [0.15, 0.2) is 0 Å². The highest BCUT2D eigenvalue weighted by Crippen LogP contribution is 2.65. The molecular weight excluding hydrogens is 274 g/mol. The van der Waals surface area contributed by atoms with Gasteiger partial charge in [-0.3, -0.25) is 9.59 Å². The smallest absolute Gasteiger partial charge is 0.332 e. The van der Waals surface area contributed by atoms with Crippen LogP contribution in [0.2, 0.25) is 0 Å². The van der Waals surface area contributed by atoms with Crippen molar-refractivity contribution in [1.29, 1.82) is 0 Å². The van der Waals surface area contributed by atoms with Crippen LogP contribution in [0.1, 0.15) is 27.2 Å². The molecular formula is C15H21NO5. The molecule has 2 aliphatic carbocycles. The lowest BCUT2D eigenvalue weighted by atomic mass is 9.89. The Labute approximate surface area is 123 Å². The zero-order valence-electron chi connectivity index (χ0n) is 12.6. The maximum Gasteiger partial charge on any atom is 0.332 e. The van der Waals surface area contributed by atoms with E-state index >= 15 is 0 Å². The lowest BCUT2D eigenvalue weighted by Crippen LogP contribution is -2.56. The highest BCUT2D eigenvalue weighted by Gasteiger charge is 2.74. The Morgan fingerprint density at radius 2 is 1.90 bits per heavy atom. The molecule has 0 radical (unpaired) electrons. The van der Waals surface area contributed by atoms with Gasteiger partial charge in [-0.1, -0.05) is 12.2 Å². The van der Waals surface area contributed by atoms with Gasteiger partial charge < -0.3 is 14.8 Å². The van der Waals surface area contributed by atoms with Gasteiger partial charge in [0, 0.05) is 19.3 Å². The summed E-state index contributed by atoms with van der Waals surface area (Å²) in [5, 5.41) is 2.71. The third-order valence-corrected chi connectivity index (χ3v) is 4.16. The van der Waals surface area contributed by atoms with E-state index in [1.165, 1.54) is 6.92 Å². The van der Waals surface area contributed by atoms with E-state index in [1.54, 1.807) is 13.8 Å². The Balaban J connectivity index is 2.29. The van der Waals surface area contributed by atoms with Crippen LogP contribution in [0.4, 0.5) is 0 Å². The highest BCUT2D eigenvalue weighted by atomic mass is 16.5. The van der Waals surface area contributed by atoms with Crippen LogP contribution in [-0.4, -0.2) is 36.6 Å². The van der Waals surface area contributed by atoms with Crippen molar-refractivity contribution in [1.82, 2.24) is 5.32 Å². The van der Waals surface area contributed by atoms with Gasteiger partial charge in [0.1, 0.15) is 5.54 Å². The molecule has 0 bridgehead atoms. The zero-order valence-corrected chi connectivity index (χ0v) is 12.6. The third-order valence-electron chi connectivity index (χ3n) is 4.16. The lowest BCUT2D eigenvalue weighted by Gasteiger charge is -2.30. The van der Waals surface area contributed by atoms with Crippen LogP contribution >= 0.6 is 0 Å². The molecule has 0 aliphatic heterocycles. The summed E-state index contributed by atoms with van der Waals surface area (Å²) in [5.41, 5.74) is -0.388. The van der Waals surface area contributed by atoms with Gasteiger partial charge in [0.25, 0.3) is 0 Å². The van der Waals surface area contributed by atoms with Crippen LogP contribution in [0.15, 0.2) is 12.2 Å². The fraction of sp³-hybridized carbons (Fsp3) is 0.667. The summed E-state index contributed by atoms with van der Waals surface area (Å²) in [6.07, 6.45) is 0.316. The SMILES string of the molecule is C=C1CC(NC(C)=O)(C(=O)OCC)C2C1C2C(=O)OCC. The Bertz CT molecular complexity index is 500. The summed E-state index contributed by atoms with van der Waals surface area (Å²) < 4.78 is 10.2. The fourth-order valence-electron chi connectivity index (χ4n) is 3.52. The molecule has 21 heavy (non-hydrogen) atoms. The third kappa shape index (κ3) is 2.43. The second-order valence-electron chi connectivity index (χ2n) is 5.54. The molecule has 1 amide bonds. The summed E-state index contributed by atoms with van der Waals surface area (Å²) in [6, 6.07) is 0. The van der Waals surface area contributed by atoms with Gasteiger partial charge in [0.05, 0.1) is 19.1 Å². The molecule has 0 spiro atoms. The summed E-state index contributed by atoms with van der Waals surface area (Å²) >= 11 is 0. The minimum absolute atomic E-state index is 0.111. The maximum atomic E-state index is 12.4. The topological polar surface area (TPSA) is 81.7 Å². The van der Waals surface area contributed by atoms with Crippen molar-refractivity contribution in [2.24, 2.45) is 17.8 Å². The number of carbonyl (C=O) groups excluding carboxylic acids is 3. The van der Waals surface area contributed by atoms with Crippen molar-refractivity contribution in [3.05, 3.63) is 12.2 Å². The first-order chi connectivity index (χ1) is 9.89. The van der Waals surface area contributed by atoms with Crippen LogP contribution in [0.5, 0.6) is 0 Å². The fourth-order valence-corrected chi connectivity index (χ4v) is 3.52. The number of hydrogen-bond donors (Lipinski definition) is 1. The van der Waals surface area contributed by atoms with Crippen LogP contribution < -0.4 is 5.32 Å². The van der Waals surface area contributed by atoms with E-state index in [1.807, 2.05) is 0 Å². The largest absolute Gasteiger partial charge is 0.466 e. The van der Waals surface area contributed by atoms with E-state index in [0.717, 1.165) is 5.57 Å². The van der Waals surface area contributed by atoms with Crippen LogP contribution in [0.25, 0.3) is 0 Å². The standard InChI is InChI=1S/C15H21NO5/c1-5-20-13(18)11-10-8(3)7-15(12(10)11,16-9(4)17)14(19)21-6-2/h10-12H,3,5-7H2,1-2,4H3,(H,16,17). The Morgan fingerprint density at radius 1 is 1.29 bits per heavy atom. The van der Waals surface area contributed by atoms with Gasteiger partial charge in [0.2, 0.25) is 5.91 Å². The number of fused-ring (bicyclic) bond motifs is 1. The average molecular weight is 295 g/mol. The van der Waals surface area contributed by atoms with Gasteiger partial charge in [-0.15, -0.1) is 0 Å². The van der Waals surface area contributed by atoms with Crippen LogP contribution in [0.3, 0.4) is 0 Å². The van der Waals surface area contributed by atoms with Crippen molar-refractivity contribution >= 4 is 17.8 Å². The Kier molecular flexibility index (Phi) is 4.07. The number of carbonyl (C=O) groups is 3. The molecule has 2 saturated carbocycles. The normalized spacial score (nSPS) is 33.1. The average Bonchev–Trinajstić information content (AvgIpc) is 3.07. The number of ether oxygens (including phenoxy) is 2. The Morgan fingerprint density at radius 3 is 2.43 bits per heavy atom. The maximum absolute atomic E-state index is 12.4. The summed E-state index contributed by atoms with van der Waals surface area (Å²) in [4.78, 5) is 35.9. The first kappa shape index (κ1) is 15.5. The number of rotatable bonds is 5. The molecule has 0 heterocycles. The van der Waals surface area contributed by atoms with Crippen molar-refractivity contribution in [2.75, 3.05) is 13.2 Å². The minimum Gasteiger partial charge on any atom is -0.466 e. The Hall–Kier alpha value is -1.85. The number of esters is 2. The van der Waals surface area contributed by atoms with Crippen LogP contribution in [-0.2, 0) is 23.9 Å². The van der Waals surface area contributed by atoms with E-state index in [9.17, 15) is 14.4 Å². The van der Waals surface area contributed by atoms with Crippen molar-refractivity contribution in [3.8, 4) is 0 Å². The van der Waals surface area contributed by atoms with E-state index in [0.29, 0.717) is 6.42 Å². The molecule has 2 aliphatic rings. The molecule has 0 aromatic rings. The molecule has 6 nitrogen and oxygen atoms in total. The van der Waals surface area contributed by atoms with E-state index in [-0.39, 0.29) is 36.9 Å². The van der Waals surface area contributed by atoms with Crippen molar-refractivity contribution in [2.45, 2.75) is 32.7 Å². The first-order valence-electron chi connectivity index (χ1n) is 7.19.